The van der Waals surface area contributed by atoms with Crippen LogP contribution in [0.2, 0.25) is 0 Å². The van der Waals surface area contributed by atoms with Crippen LogP contribution in [0.3, 0.4) is 0 Å². The molecule has 1 fully saturated rings. The Hall–Kier alpha value is -2.48. The van der Waals surface area contributed by atoms with Crippen molar-refractivity contribution in [1.29, 1.82) is 0 Å². The summed E-state index contributed by atoms with van der Waals surface area (Å²) < 4.78 is 27.2. The van der Waals surface area contributed by atoms with E-state index in [4.69, 9.17) is 0 Å². The molecule has 0 spiro atoms. The number of hydrogen-bond donors (Lipinski definition) is 1. The van der Waals surface area contributed by atoms with Crippen LogP contribution in [0.15, 0.2) is 64.3 Å². The Labute approximate surface area is 182 Å². The van der Waals surface area contributed by atoms with Crippen LogP contribution < -0.4 is 5.56 Å². The molecule has 164 valence electrons. The number of aliphatic hydroxyl groups is 1. The first-order chi connectivity index (χ1) is 14.9. The summed E-state index contributed by atoms with van der Waals surface area (Å²) in [6.07, 6.45) is 1.92. The van der Waals surface area contributed by atoms with Gasteiger partial charge in [-0.3, -0.25) is 9.69 Å². The van der Waals surface area contributed by atoms with Gasteiger partial charge in [-0.1, -0.05) is 30.3 Å². The number of nitrogens with zero attached hydrogens (tertiary/aromatic N) is 2. The number of hydrogen-bond acceptors (Lipinski definition) is 5. The van der Waals surface area contributed by atoms with E-state index in [9.17, 15) is 18.3 Å². The van der Waals surface area contributed by atoms with Gasteiger partial charge < -0.3 is 9.67 Å². The van der Waals surface area contributed by atoms with Crippen molar-refractivity contribution in [3.8, 4) is 0 Å². The second kappa shape index (κ2) is 8.94. The highest BCUT2D eigenvalue weighted by Crippen LogP contribution is 2.22. The van der Waals surface area contributed by atoms with Crippen LogP contribution in [0.1, 0.15) is 24.0 Å². The molecule has 1 aliphatic heterocycles. The molecule has 7 heteroatoms. The average molecular weight is 441 g/mol. The van der Waals surface area contributed by atoms with Gasteiger partial charge in [-0.05, 0) is 61.5 Å². The Morgan fingerprint density at radius 1 is 1.10 bits per heavy atom. The smallest absolute Gasteiger partial charge is 0.255 e. The lowest BCUT2D eigenvalue weighted by atomic mass is 10.1. The van der Waals surface area contributed by atoms with Crippen molar-refractivity contribution in [2.75, 3.05) is 18.9 Å². The summed E-state index contributed by atoms with van der Waals surface area (Å²) in [4.78, 5) is 15.8. The Morgan fingerprint density at radius 2 is 1.87 bits per heavy atom. The quantitative estimate of drug-likeness (QED) is 0.611. The van der Waals surface area contributed by atoms with Gasteiger partial charge in [0.05, 0.1) is 22.8 Å². The van der Waals surface area contributed by atoms with Crippen molar-refractivity contribution >= 4 is 20.7 Å². The zero-order chi connectivity index (χ0) is 22.0. The lowest BCUT2D eigenvalue weighted by Crippen LogP contribution is -2.35. The number of fused-ring (bicyclic) bond motifs is 1. The largest absolute Gasteiger partial charge is 0.395 e. The molecule has 1 N–H and O–H groups in total. The predicted octanol–water partition coefficient (Wildman–Crippen LogP) is 2.74. The van der Waals surface area contributed by atoms with Crippen LogP contribution in [0.4, 0.5) is 0 Å². The summed E-state index contributed by atoms with van der Waals surface area (Å²) in [7, 11) is -3.51. The number of aliphatic hydroxyl groups excluding tert-OH is 1. The summed E-state index contributed by atoms with van der Waals surface area (Å²) in [6, 6.07) is 16.2. The molecular weight excluding hydrogens is 412 g/mol. The van der Waals surface area contributed by atoms with Crippen LogP contribution in [-0.2, 0) is 22.9 Å². The number of benzene rings is 2. The first kappa shape index (κ1) is 21.7. The molecule has 1 aromatic heterocycles. The predicted molar refractivity (Wildman–Crippen MR) is 122 cm³/mol. The molecule has 0 bridgehead atoms. The Balaban J connectivity index is 1.71. The molecule has 2 aromatic carbocycles. The molecular formula is C24H28N2O4S. The summed E-state index contributed by atoms with van der Waals surface area (Å²) in [5, 5.41) is 10.5. The van der Waals surface area contributed by atoms with Crippen LogP contribution in [0.5, 0.6) is 0 Å². The highest BCUT2D eigenvalue weighted by molar-refractivity contribution is 7.91. The SMILES string of the molecule is Cc1ccc2cc(CN3CCC[C@H]3CO)c(=O)n(CCS(=O)(=O)c3ccccc3)c2c1. The molecule has 6 nitrogen and oxygen atoms in total. The number of aromatic nitrogens is 1. The van der Waals surface area contributed by atoms with Crippen molar-refractivity contribution in [1.82, 2.24) is 9.47 Å². The standard InChI is InChI=1S/C24H28N2O4S/c1-18-9-10-19-15-20(16-25-11-5-6-21(25)17-27)24(28)26(23(19)14-18)12-13-31(29,30)22-7-3-2-4-8-22/h2-4,7-10,14-15,21,27H,5-6,11-13,16-17H2,1H3/t21-/m0/s1. The van der Waals surface area contributed by atoms with E-state index in [1.165, 1.54) is 0 Å². The topological polar surface area (TPSA) is 79.6 Å². The van der Waals surface area contributed by atoms with Crippen molar-refractivity contribution < 1.29 is 13.5 Å². The zero-order valence-corrected chi connectivity index (χ0v) is 18.5. The fourth-order valence-electron chi connectivity index (χ4n) is 4.36. The second-order valence-electron chi connectivity index (χ2n) is 8.27. The van der Waals surface area contributed by atoms with E-state index >= 15 is 0 Å². The Kier molecular flexibility index (Phi) is 6.27. The van der Waals surface area contributed by atoms with Crippen LogP contribution in [0.25, 0.3) is 10.9 Å². The molecule has 1 atom stereocenters. The number of likely N-dealkylation sites (tertiary alicyclic amines) is 1. The van der Waals surface area contributed by atoms with Crippen LogP contribution >= 0.6 is 0 Å². The first-order valence-corrected chi connectivity index (χ1v) is 12.3. The van der Waals surface area contributed by atoms with Crippen molar-refractivity contribution in [3.05, 3.63) is 76.1 Å². The van der Waals surface area contributed by atoms with Gasteiger partial charge >= 0.3 is 0 Å². The minimum atomic E-state index is -3.51. The van der Waals surface area contributed by atoms with Gasteiger partial charge in [0.15, 0.2) is 9.84 Å². The van der Waals surface area contributed by atoms with Crippen molar-refractivity contribution in [2.24, 2.45) is 0 Å². The number of pyridine rings is 1. The van der Waals surface area contributed by atoms with Crippen molar-refractivity contribution in [2.45, 2.75) is 43.8 Å². The highest BCUT2D eigenvalue weighted by Gasteiger charge is 2.25. The van der Waals surface area contributed by atoms with Crippen LogP contribution in [0, 0.1) is 6.92 Å². The van der Waals surface area contributed by atoms with Gasteiger partial charge in [-0.2, -0.15) is 0 Å². The molecule has 1 saturated heterocycles. The Morgan fingerprint density at radius 3 is 2.61 bits per heavy atom. The molecule has 3 aromatic rings. The minimum Gasteiger partial charge on any atom is -0.395 e. The van der Waals surface area contributed by atoms with E-state index in [0.29, 0.717) is 12.1 Å². The molecule has 0 unspecified atom stereocenters. The third-order valence-corrected chi connectivity index (χ3v) is 7.81. The van der Waals surface area contributed by atoms with Crippen molar-refractivity contribution in [3.63, 3.8) is 0 Å². The van der Waals surface area contributed by atoms with E-state index in [1.54, 1.807) is 34.9 Å². The maximum absolute atomic E-state index is 13.4. The molecule has 0 amide bonds. The molecule has 4 rings (SSSR count). The summed E-state index contributed by atoms with van der Waals surface area (Å²) >= 11 is 0. The molecule has 1 aliphatic rings. The minimum absolute atomic E-state index is 0.0695. The van der Waals surface area contributed by atoms with Gasteiger partial charge in [0.25, 0.3) is 5.56 Å². The third-order valence-electron chi connectivity index (χ3n) is 6.10. The summed E-state index contributed by atoms with van der Waals surface area (Å²) in [5.74, 6) is -0.146. The molecule has 0 radical (unpaired) electrons. The number of aryl methyl sites for hydroxylation is 2. The third kappa shape index (κ3) is 4.59. The fraction of sp³-hybridized carbons (Fsp3) is 0.375. The fourth-order valence-corrected chi connectivity index (χ4v) is 5.59. The summed E-state index contributed by atoms with van der Waals surface area (Å²) in [5.41, 5.74) is 2.23. The van der Waals surface area contributed by atoms with E-state index < -0.39 is 9.84 Å². The molecule has 0 aliphatic carbocycles. The zero-order valence-electron chi connectivity index (χ0n) is 17.7. The van der Waals surface area contributed by atoms with Gasteiger partial charge in [0.2, 0.25) is 0 Å². The normalized spacial score (nSPS) is 17.4. The lowest BCUT2D eigenvalue weighted by molar-refractivity contribution is 0.153. The molecule has 31 heavy (non-hydrogen) atoms. The van der Waals surface area contributed by atoms with E-state index in [1.807, 2.05) is 31.2 Å². The van der Waals surface area contributed by atoms with Gasteiger partial charge in [0, 0.05) is 24.7 Å². The molecule has 0 saturated carbocycles. The lowest BCUT2D eigenvalue weighted by Gasteiger charge is -2.23. The van der Waals surface area contributed by atoms with Crippen LogP contribution in [-0.4, -0.2) is 47.9 Å². The van der Waals surface area contributed by atoms with Gasteiger partial charge in [-0.15, -0.1) is 0 Å². The van der Waals surface area contributed by atoms with Gasteiger partial charge in [0.1, 0.15) is 0 Å². The van der Waals surface area contributed by atoms with E-state index in [-0.39, 0.29) is 35.4 Å². The maximum Gasteiger partial charge on any atom is 0.255 e. The maximum atomic E-state index is 13.4. The first-order valence-electron chi connectivity index (χ1n) is 10.6. The second-order valence-corrected chi connectivity index (χ2v) is 10.4. The average Bonchev–Trinajstić information content (AvgIpc) is 3.22. The van der Waals surface area contributed by atoms with E-state index in [2.05, 4.69) is 4.90 Å². The summed E-state index contributed by atoms with van der Waals surface area (Å²) in [6.45, 7) is 3.43. The highest BCUT2D eigenvalue weighted by atomic mass is 32.2. The van der Waals surface area contributed by atoms with Gasteiger partial charge in [-0.25, -0.2) is 8.42 Å². The monoisotopic (exact) mass is 440 g/mol. The number of sulfone groups is 1. The molecule has 2 heterocycles. The number of rotatable bonds is 7. The Bertz CT molecular complexity index is 1240. The van der Waals surface area contributed by atoms with E-state index in [0.717, 1.165) is 35.9 Å².